The van der Waals surface area contributed by atoms with Crippen LogP contribution < -0.4 is 20.3 Å². The molecule has 0 unspecified atom stereocenters. The summed E-state index contributed by atoms with van der Waals surface area (Å²) in [6, 6.07) is 11.3. The molecule has 144 valence electrons. The van der Waals surface area contributed by atoms with Crippen LogP contribution in [0.2, 0.25) is 10.0 Å². The number of carbonyl (C=O) groups excluding carboxylic acids is 2. The molecule has 0 aliphatic carbocycles. The highest BCUT2D eigenvalue weighted by Gasteiger charge is 2.17. The van der Waals surface area contributed by atoms with E-state index < -0.39 is 17.9 Å². The molecular formula is C19H20Cl2N2O4. The van der Waals surface area contributed by atoms with Crippen LogP contribution in [0.3, 0.4) is 0 Å². The Bertz CT molecular complexity index is 797. The van der Waals surface area contributed by atoms with Crippen molar-refractivity contribution in [1.29, 1.82) is 0 Å². The number of nitrogens with one attached hydrogen (secondary N) is 2. The first-order valence-electron chi connectivity index (χ1n) is 8.35. The molecule has 2 N–H and O–H groups in total. The van der Waals surface area contributed by atoms with Crippen molar-refractivity contribution in [3.63, 3.8) is 0 Å². The van der Waals surface area contributed by atoms with E-state index in [1.54, 1.807) is 36.4 Å². The van der Waals surface area contributed by atoms with E-state index in [0.29, 0.717) is 28.7 Å². The highest BCUT2D eigenvalue weighted by molar-refractivity contribution is 6.35. The molecule has 27 heavy (non-hydrogen) atoms. The van der Waals surface area contributed by atoms with Gasteiger partial charge in [0.2, 0.25) is 0 Å². The summed E-state index contributed by atoms with van der Waals surface area (Å²) in [6.45, 7) is 4.15. The monoisotopic (exact) mass is 410 g/mol. The fourth-order valence-electron chi connectivity index (χ4n) is 2.03. The first kappa shape index (κ1) is 20.9. The van der Waals surface area contributed by atoms with Gasteiger partial charge < -0.3 is 9.47 Å². The van der Waals surface area contributed by atoms with E-state index in [1.807, 2.05) is 6.92 Å². The van der Waals surface area contributed by atoms with E-state index in [2.05, 4.69) is 10.9 Å². The van der Waals surface area contributed by atoms with Gasteiger partial charge in [0.05, 0.1) is 11.6 Å². The Morgan fingerprint density at radius 2 is 1.78 bits per heavy atom. The van der Waals surface area contributed by atoms with Crippen LogP contribution in [0, 0.1) is 0 Å². The molecule has 1 atom stereocenters. The Balaban J connectivity index is 1.85. The third-order valence-electron chi connectivity index (χ3n) is 3.46. The Labute approximate surface area is 167 Å². The lowest BCUT2D eigenvalue weighted by Crippen LogP contribution is -2.47. The third kappa shape index (κ3) is 6.34. The minimum Gasteiger partial charge on any atom is -0.494 e. The van der Waals surface area contributed by atoms with Crippen LogP contribution in [0.4, 0.5) is 0 Å². The van der Waals surface area contributed by atoms with Crippen LogP contribution in [0.15, 0.2) is 42.5 Å². The number of amides is 2. The second-order valence-electron chi connectivity index (χ2n) is 5.65. The normalized spacial score (nSPS) is 11.4. The molecule has 0 saturated carbocycles. The standard InChI is InChI=1S/C19H20Cl2N2O4/c1-3-10-26-15-7-4-13(5-8-15)19(25)23-22-18(24)12(2)27-17-9-6-14(20)11-16(17)21/h4-9,11-12H,3,10H2,1-2H3,(H,22,24)(H,23,25)/t12-/m0/s1. The number of hydrogen-bond acceptors (Lipinski definition) is 4. The summed E-state index contributed by atoms with van der Waals surface area (Å²) < 4.78 is 10.9. The summed E-state index contributed by atoms with van der Waals surface area (Å²) in [5.41, 5.74) is 5.04. The van der Waals surface area contributed by atoms with Crippen LogP contribution in [-0.2, 0) is 4.79 Å². The summed E-state index contributed by atoms with van der Waals surface area (Å²) >= 11 is 11.8. The maximum Gasteiger partial charge on any atom is 0.279 e. The molecule has 0 aliphatic heterocycles. The minimum atomic E-state index is -0.881. The van der Waals surface area contributed by atoms with Gasteiger partial charge in [0.15, 0.2) is 6.10 Å². The number of carbonyl (C=O) groups is 2. The van der Waals surface area contributed by atoms with E-state index >= 15 is 0 Å². The van der Waals surface area contributed by atoms with Crippen LogP contribution in [0.25, 0.3) is 0 Å². The molecule has 0 bridgehead atoms. The van der Waals surface area contributed by atoms with Gasteiger partial charge in [-0.05, 0) is 55.8 Å². The van der Waals surface area contributed by atoms with Crippen LogP contribution in [0.1, 0.15) is 30.6 Å². The van der Waals surface area contributed by atoms with Gasteiger partial charge in [-0.25, -0.2) is 0 Å². The summed E-state index contributed by atoms with van der Waals surface area (Å²) in [7, 11) is 0. The SMILES string of the molecule is CCCOc1ccc(C(=O)NNC(=O)[C@H](C)Oc2ccc(Cl)cc2Cl)cc1. The van der Waals surface area contributed by atoms with E-state index in [0.717, 1.165) is 6.42 Å². The number of hydrazine groups is 1. The van der Waals surface area contributed by atoms with E-state index in [1.165, 1.54) is 13.0 Å². The summed E-state index contributed by atoms with van der Waals surface area (Å²) in [6.07, 6.45) is 0.0178. The predicted molar refractivity (Wildman–Crippen MR) is 104 cm³/mol. The van der Waals surface area contributed by atoms with E-state index in [9.17, 15) is 9.59 Å². The van der Waals surface area contributed by atoms with Gasteiger partial charge in [0.1, 0.15) is 11.5 Å². The average molecular weight is 411 g/mol. The fraction of sp³-hybridized carbons (Fsp3) is 0.263. The Morgan fingerprint density at radius 3 is 2.41 bits per heavy atom. The van der Waals surface area contributed by atoms with Crippen molar-refractivity contribution < 1.29 is 19.1 Å². The first-order valence-corrected chi connectivity index (χ1v) is 9.11. The van der Waals surface area contributed by atoms with Crippen molar-refractivity contribution in [3.05, 3.63) is 58.1 Å². The lowest BCUT2D eigenvalue weighted by molar-refractivity contribution is -0.128. The van der Waals surface area contributed by atoms with Crippen LogP contribution in [0.5, 0.6) is 11.5 Å². The van der Waals surface area contributed by atoms with Crippen molar-refractivity contribution >= 4 is 35.0 Å². The zero-order valence-electron chi connectivity index (χ0n) is 14.9. The van der Waals surface area contributed by atoms with Crippen molar-refractivity contribution in [3.8, 4) is 11.5 Å². The molecule has 0 fully saturated rings. The quantitative estimate of drug-likeness (QED) is 0.675. The summed E-state index contributed by atoms with van der Waals surface area (Å²) in [5.74, 6) is 0.0106. The molecule has 2 aromatic rings. The van der Waals surface area contributed by atoms with E-state index in [-0.39, 0.29) is 5.02 Å². The van der Waals surface area contributed by atoms with Gasteiger partial charge >= 0.3 is 0 Å². The zero-order chi connectivity index (χ0) is 19.8. The number of rotatable bonds is 7. The molecule has 6 nitrogen and oxygen atoms in total. The van der Waals surface area contributed by atoms with Crippen LogP contribution >= 0.6 is 23.2 Å². The highest BCUT2D eigenvalue weighted by atomic mass is 35.5. The molecule has 0 heterocycles. The van der Waals surface area contributed by atoms with Gasteiger partial charge in [-0.1, -0.05) is 30.1 Å². The molecule has 0 saturated heterocycles. The predicted octanol–water partition coefficient (Wildman–Crippen LogP) is 4.01. The van der Waals surface area contributed by atoms with E-state index in [4.69, 9.17) is 32.7 Å². The molecule has 2 aromatic carbocycles. The van der Waals surface area contributed by atoms with Crippen molar-refractivity contribution in [2.24, 2.45) is 0 Å². The lowest BCUT2D eigenvalue weighted by Gasteiger charge is -2.16. The Kier molecular flexibility index (Phi) is 7.76. The van der Waals surface area contributed by atoms with Gasteiger partial charge in [0, 0.05) is 10.6 Å². The summed E-state index contributed by atoms with van der Waals surface area (Å²) in [5, 5.41) is 0.749. The maximum atomic E-state index is 12.1. The molecule has 0 aliphatic rings. The molecular weight excluding hydrogens is 391 g/mol. The molecule has 0 spiro atoms. The van der Waals surface area contributed by atoms with Gasteiger partial charge in [-0.15, -0.1) is 0 Å². The zero-order valence-corrected chi connectivity index (χ0v) is 16.4. The third-order valence-corrected chi connectivity index (χ3v) is 3.99. The largest absolute Gasteiger partial charge is 0.494 e. The fourth-order valence-corrected chi connectivity index (χ4v) is 2.48. The molecule has 2 amide bonds. The van der Waals surface area contributed by atoms with Gasteiger partial charge in [-0.3, -0.25) is 20.4 Å². The first-order chi connectivity index (χ1) is 12.9. The van der Waals surface area contributed by atoms with Crippen molar-refractivity contribution in [1.82, 2.24) is 10.9 Å². The minimum absolute atomic E-state index is 0.288. The number of ether oxygens (including phenoxy) is 2. The molecule has 0 radical (unpaired) electrons. The second-order valence-corrected chi connectivity index (χ2v) is 6.49. The Hall–Kier alpha value is -2.44. The number of hydrogen-bond donors (Lipinski definition) is 2. The summed E-state index contributed by atoms with van der Waals surface area (Å²) in [4.78, 5) is 24.2. The van der Waals surface area contributed by atoms with Crippen molar-refractivity contribution in [2.75, 3.05) is 6.61 Å². The van der Waals surface area contributed by atoms with Gasteiger partial charge in [0.25, 0.3) is 11.8 Å². The lowest BCUT2D eigenvalue weighted by atomic mass is 10.2. The second kappa shape index (κ2) is 10.0. The average Bonchev–Trinajstić information content (AvgIpc) is 2.66. The molecule has 0 aromatic heterocycles. The maximum absolute atomic E-state index is 12.1. The smallest absolute Gasteiger partial charge is 0.279 e. The van der Waals surface area contributed by atoms with Crippen molar-refractivity contribution in [2.45, 2.75) is 26.4 Å². The van der Waals surface area contributed by atoms with Crippen LogP contribution in [-0.4, -0.2) is 24.5 Å². The topological polar surface area (TPSA) is 76.7 Å². The molecule has 8 heteroatoms. The Morgan fingerprint density at radius 1 is 1.07 bits per heavy atom. The highest BCUT2D eigenvalue weighted by Crippen LogP contribution is 2.28. The molecule has 2 rings (SSSR count). The number of halogens is 2. The van der Waals surface area contributed by atoms with Gasteiger partial charge in [-0.2, -0.15) is 0 Å². The number of benzene rings is 2.